The number of hydrogen-bond acceptors (Lipinski definition) is 6. The molecule has 1 N–H and O–H groups in total. The Morgan fingerprint density at radius 3 is 2.95 bits per heavy atom. The first-order chi connectivity index (χ1) is 9.99. The van der Waals surface area contributed by atoms with E-state index in [1.54, 1.807) is 23.1 Å². The van der Waals surface area contributed by atoms with Crippen molar-refractivity contribution in [2.24, 2.45) is 0 Å². The highest BCUT2D eigenvalue weighted by Gasteiger charge is 2.38. The summed E-state index contributed by atoms with van der Waals surface area (Å²) >= 11 is 4.80. The van der Waals surface area contributed by atoms with Crippen molar-refractivity contribution < 1.29 is 14.7 Å². The van der Waals surface area contributed by atoms with E-state index in [-0.39, 0.29) is 11.3 Å². The third-order valence-electron chi connectivity index (χ3n) is 3.17. The molecule has 0 saturated carbocycles. The Balaban J connectivity index is 1.77. The minimum Gasteiger partial charge on any atom is -0.480 e. The zero-order valence-corrected chi connectivity index (χ0v) is 14.4. The van der Waals surface area contributed by atoms with E-state index in [9.17, 15) is 9.59 Å². The average Bonchev–Trinajstić information content (AvgIpc) is 3.00. The van der Waals surface area contributed by atoms with Crippen molar-refractivity contribution in [2.75, 3.05) is 11.5 Å². The van der Waals surface area contributed by atoms with E-state index >= 15 is 0 Å². The van der Waals surface area contributed by atoms with Crippen LogP contribution in [0.5, 0.6) is 0 Å². The summed E-state index contributed by atoms with van der Waals surface area (Å²) in [6, 6.07) is -0.677. The highest BCUT2D eigenvalue weighted by molar-refractivity contribution is 8.00. The molecule has 0 radical (unpaired) electrons. The SMILES string of the molecule is Cc1nc(CSCCC(=O)N2C(C)SCC2C(=O)O)cs1. The summed E-state index contributed by atoms with van der Waals surface area (Å²) in [5.41, 5.74) is 1.04. The number of aryl methyl sites for hydroxylation is 1. The summed E-state index contributed by atoms with van der Waals surface area (Å²) in [7, 11) is 0. The topological polar surface area (TPSA) is 70.5 Å². The fourth-order valence-corrected chi connectivity index (χ4v) is 4.88. The lowest BCUT2D eigenvalue weighted by Gasteiger charge is -2.24. The van der Waals surface area contributed by atoms with Gasteiger partial charge in [0.05, 0.1) is 16.1 Å². The minimum absolute atomic E-state index is 0.0511. The number of rotatable bonds is 6. The van der Waals surface area contributed by atoms with Crippen LogP contribution < -0.4 is 0 Å². The Bertz CT molecular complexity index is 521. The summed E-state index contributed by atoms with van der Waals surface area (Å²) in [6.45, 7) is 3.86. The summed E-state index contributed by atoms with van der Waals surface area (Å²) in [5.74, 6) is 0.987. The van der Waals surface area contributed by atoms with Crippen molar-refractivity contribution in [3.8, 4) is 0 Å². The van der Waals surface area contributed by atoms with Gasteiger partial charge in [0.2, 0.25) is 5.91 Å². The predicted molar refractivity (Wildman–Crippen MR) is 87.8 cm³/mol. The molecule has 21 heavy (non-hydrogen) atoms. The van der Waals surface area contributed by atoms with Crippen LogP contribution in [0.1, 0.15) is 24.0 Å². The summed E-state index contributed by atoms with van der Waals surface area (Å²) in [6.07, 6.45) is 0.377. The van der Waals surface area contributed by atoms with E-state index < -0.39 is 12.0 Å². The third-order valence-corrected chi connectivity index (χ3v) is 6.21. The molecule has 1 aliphatic rings. The molecule has 1 fully saturated rings. The van der Waals surface area contributed by atoms with Crippen molar-refractivity contribution in [2.45, 2.75) is 37.4 Å². The standard InChI is InChI=1S/C13H18N2O3S3/c1-8-14-10(6-20-8)5-19-4-3-12(16)15-9(2)21-7-11(15)13(17)18/h6,9,11H,3-5,7H2,1-2H3,(H,17,18). The van der Waals surface area contributed by atoms with E-state index in [4.69, 9.17) is 5.11 Å². The number of carbonyl (C=O) groups excluding carboxylic acids is 1. The molecule has 2 heterocycles. The summed E-state index contributed by atoms with van der Waals surface area (Å²) in [4.78, 5) is 29.3. The first-order valence-corrected chi connectivity index (χ1v) is 9.71. The van der Waals surface area contributed by atoms with Crippen molar-refractivity contribution in [1.82, 2.24) is 9.88 Å². The number of thioether (sulfide) groups is 2. The number of thiazole rings is 1. The van der Waals surface area contributed by atoms with Gasteiger partial charge < -0.3 is 10.0 Å². The Morgan fingerprint density at radius 2 is 2.33 bits per heavy atom. The van der Waals surface area contributed by atoms with Gasteiger partial charge in [-0.1, -0.05) is 0 Å². The molecular formula is C13H18N2O3S3. The van der Waals surface area contributed by atoms with Crippen LogP contribution >= 0.6 is 34.9 Å². The lowest BCUT2D eigenvalue weighted by molar-refractivity contribution is -0.148. The monoisotopic (exact) mass is 346 g/mol. The molecule has 1 aliphatic heterocycles. The molecule has 1 aromatic rings. The molecular weight excluding hydrogens is 328 g/mol. The second-order valence-electron chi connectivity index (χ2n) is 4.75. The first-order valence-electron chi connectivity index (χ1n) is 6.63. The quantitative estimate of drug-likeness (QED) is 0.798. The number of carbonyl (C=O) groups is 2. The summed E-state index contributed by atoms with van der Waals surface area (Å²) < 4.78 is 0. The van der Waals surface area contributed by atoms with Gasteiger partial charge in [0.15, 0.2) is 0 Å². The fourth-order valence-electron chi connectivity index (χ4n) is 2.15. The maximum absolute atomic E-state index is 12.2. The Labute approximate surface area is 136 Å². The van der Waals surface area contributed by atoms with E-state index in [0.717, 1.165) is 16.5 Å². The number of hydrogen-bond donors (Lipinski definition) is 1. The largest absolute Gasteiger partial charge is 0.480 e. The van der Waals surface area contributed by atoms with Crippen LogP contribution in [-0.2, 0) is 15.3 Å². The number of aromatic nitrogens is 1. The van der Waals surface area contributed by atoms with E-state index in [1.165, 1.54) is 16.7 Å². The van der Waals surface area contributed by atoms with Gasteiger partial charge in [0.25, 0.3) is 0 Å². The van der Waals surface area contributed by atoms with Crippen molar-refractivity contribution in [1.29, 1.82) is 0 Å². The van der Waals surface area contributed by atoms with Gasteiger partial charge in [-0.3, -0.25) is 4.79 Å². The van der Waals surface area contributed by atoms with Gasteiger partial charge in [-0.05, 0) is 13.8 Å². The first kappa shape index (κ1) is 16.6. The van der Waals surface area contributed by atoms with Crippen molar-refractivity contribution in [3.63, 3.8) is 0 Å². The van der Waals surface area contributed by atoms with E-state index in [2.05, 4.69) is 4.98 Å². The molecule has 2 rings (SSSR count). The zero-order chi connectivity index (χ0) is 15.4. The van der Waals surface area contributed by atoms with Crippen LogP contribution in [0, 0.1) is 6.92 Å². The van der Waals surface area contributed by atoms with Crippen LogP contribution in [0.15, 0.2) is 5.38 Å². The maximum atomic E-state index is 12.2. The molecule has 0 aliphatic carbocycles. The summed E-state index contributed by atoms with van der Waals surface area (Å²) in [5, 5.41) is 12.2. The van der Waals surface area contributed by atoms with Crippen LogP contribution in [-0.4, -0.2) is 49.8 Å². The highest BCUT2D eigenvalue weighted by Crippen LogP contribution is 2.29. The van der Waals surface area contributed by atoms with Crippen LogP contribution in [0.3, 0.4) is 0 Å². The normalized spacial score (nSPS) is 21.7. The Kier molecular flexibility index (Phi) is 5.95. The van der Waals surface area contributed by atoms with Gasteiger partial charge in [-0.25, -0.2) is 9.78 Å². The highest BCUT2D eigenvalue weighted by atomic mass is 32.2. The lowest BCUT2D eigenvalue weighted by Crippen LogP contribution is -2.44. The van der Waals surface area contributed by atoms with Crippen molar-refractivity contribution in [3.05, 3.63) is 16.1 Å². The number of nitrogens with zero attached hydrogens (tertiary/aromatic N) is 2. The van der Waals surface area contributed by atoms with Gasteiger partial charge in [0.1, 0.15) is 6.04 Å². The van der Waals surface area contributed by atoms with Crippen LogP contribution in [0.2, 0.25) is 0 Å². The molecule has 5 nitrogen and oxygen atoms in total. The second-order valence-corrected chi connectivity index (χ2v) is 8.26. The molecule has 0 aromatic carbocycles. The van der Waals surface area contributed by atoms with Gasteiger partial charge in [-0.2, -0.15) is 11.8 Å². The smallest absolute Gasteiger partial charge is 0.327 e. The molecule has 2 unspecified atom stereocenters. The molecule has 8 heteroatoms. The number of carboxylic acid groups (broad SMARTS) is 1. The van der Waals surface area contributed by atoms with Crippen molar-refractivity contribution >= 4 is 46.7 Å². The number of amides is 1. The molecule has 116 valence electrons. The molecule has 1 amide bonds. The molecule has 0 spiro atoms. The van der Waals surface area contributed by atoms with E-state index in [0.29, 0.717) is 17.9 Å². The second kappa shape index (κ2) is 7.51. The molecule has 0 bridgehead atoms. The third kappa shape index (κ3) is 4.37. The Hall–Kier alpha value is -0.730. The van der Waals surface area contributed by atoms with Gasteiger partial charge >= 0.3 is 5.97 Å². The fraction of sp³-hybridized carbons (Fsp3) is 0.615. The Morgan fingerprint density at radius 1 is 1.57 bits per heavy atom. The number of carboxylic acids is 1. The van der Waals surface area contributed by atoms with Gasteiger partial charge in [0, 0.05) is 29.1 Å². The molecule has 1 saturated heterocycles. The van der Waals surface area contributed by atoms with E-state index in [1.807, 2.05) is 19.2 Å². The maximum Gasteiger partial charge on any atom is 0.327 e. The number of aliphatic carboxylic acids is 1. The molecule has 1 aromatic heterocycles. The predicted octanol–water partition coefficient (Wildman–Crippen LogP) is 2.45. The zero-order valence-electron chi connectivity index (χ0n) is 11.9. The minimum atomic E-state index is -0.911. The van der Waals surface area contributed by atoms with Gasteiger partial charge in [-0.15, -0.1) is 23.1 Å². The van der Waals surface area contributed by atoms with Crippen LogP contribution in [0.4, 0.5) is 0 Å². The average molecular weight is 346 g/mol. The lowest BCUT2D eigenvalue weighted by atomic mass is 10.2. The molecule has 2 atom stereocenters. The van der Waals surface area contributed by atoms with Crippen LogP contribution in [0.25, 0.3) is 0 Å².